The van der Waals surface area contributed by atoms with Crippen LogP contribution in [0.15, 0.2) is 46.5 Å². The van der Waals surface area contributed by atoms with E-state index in [0.29, 0.717) is 22.8 Å². The Kier molecular flexibility index (Phi) is 4.58. The van der Waals surface area contributed by atoms with Crippen LogP contribution in [0.2, 0.25) is 0 Å². The lowest BCUT2D eigenvalue weighted by Crippen LogP contribution is -2.23. The Hall–Kier alpha value is -3.27. The summed E-state index contributed by atoms with van der Waals surface area (Å²) in [6, 6.07) is 7.75. The lowest BCUT2D eigenvalue weighted by atomic mass is 10.1. The van der Waals surface area contributed by atoms with Gasteiger partial charge in [0.2, 0.25) is 21.8 Å². The fourth-order valence-corrected chi connectivity index (χ4v) is 3.52. The molecular weight excluding hydrogens is 401 g/mol. The van der Waals surface area contributed by atoms with Gasteiger partial charge in [-0.3, -0.25) is 4.79 Å². The number of aromatic nitrogens is 3. The SMILES string of the molecule is Cc1cc(-c2cc(F)c(=O)n(Cc3ccc4c(c3)OCO4)c2)nc(S(C)(=O)=O)n1. The Morgan fingerprint density at radius 3 is 2.66 bits per heavy atom. The number of pyridine rings is 1. The minimum Gasteiger partial charge on any atom is -0.454 e. The number of fused-ring (bicyclic) bond motifs is 1. The van der Waals surface area contributed by atoms with Crippen molar-refractivity contribution in [1.29, 1.82) is 0 Å². The third-order valence-electron chi connectivity index (χ3n) is 4.29. The van der Waals surface area contributed by atoms with Crippen LogP contribution >= 0.6 is 0 Å². The zero-order valence-corrected chi connectivity index (χ0v) is 16.4. The van der Waals surface area contributed by atoms with Crippen molar-refractivity contribution in [1.82, 2.24) is 14.5 Å². The average molecular weight is 417 g/mol. The Morgan fingerprint density at radius 1 is 1.14 bits per heavy atom. The summed E-state index contributed by atoms with van der Waals surface area (Å²) < 4.78 is 49.7. The van der Waals surface area contributed by atoms with Crippen LogP contribution < -0.4 is 15.0 Å². The molecule has 1 aliphatic rings. The molecule has 29 heavy (non-hydrogen) atoms. The number of benzene rings is 1. The molecule has 3 heterocycles. The van der Waals surface area contributed by atoms with Crippen molar-refractivity contribution in [3.05, 3.63) is 64.0 Å². The average Bonchev–Trinajstić information content (AvgIpc) is 3.12. The number of sulfone groups is 1. The molecule has 4 rings (SSSR count). The summed E-state index contributed by atoms with van der Waals surface area (Å²) in [6.45, 7) is 1.82. The Labute approximate surface area is 165 Å². The topological polar surface area (TPSA) is 100 Å². The van der Waals surface area contributed by atoms with Crippen molar-refractivity contribution < 1.29 is 22.3 Å². The molecule has 3 aromatic rings. The van der Waals surface area contributed by atoms with E-state index in [1.165, 1.54) is 16.8 Å². The summed E-state index contributed by atoms with van der Waals surface area (Å²) >= 11 is 0. The van der Waals surface area contributed by atoms with Gasteiger partial charge < -0.3 is 14.0 Å². The maximum Gasteiger partial charge on any atom is 0.286 e. The van der Waals surface area contributed by atoms with Gasteiger partial charge in [0.15, 0.2) is 17.3 Å². The highest BCUT2D eigenvalue weighted by Gasteiger charge is 2.17. The van der Waals surface area contributed by atoms with Gasteiger partial charge in [0.25, 0.3) is 5.56 Å². The Morgan fingerprint density at radius 2 is 1.90 bits per heavy atom. The van der Waals surface area contributed by atoms with Crippen molar-refractivity contribution in [2.75, 3.05) is 13.0 Å². The largest absolute Gasteiger partial charge is 0.454 e. The zero-order valence-electron chi connectivity index (χ0n) is 15.5. The number of hydrogen-bond acceptors (Lipinski definition) is 7. The summed E-state index contributed by atoms with van der Waals surface area (Å²) in [5.74, 6) is 0.183. The van der Waals surface area contributed by atoms with Crippen LogP contribution in [0.1, 0.15) is 11.3 Å². The van der Waals surface area contributed by atoms with E-state index in [1.54, 1.807) is 25.1 Å². The third-order valence-corrected chi connectivity index (χ3v) is 5.14. The van der Waals surface area contributed by atoms with Gasteiger partial charge in [0, 0.05) is 23.7 Å². The van der Waals surface area contributed by atoms with Crippen LogP contribution in [0.4, 0.5) is 4.39 Å². The first-order valence-electron chi connectivity index (χ1n) is 8.55. The first-order chi connectivity index (χ1) is 13.7. The fourth-order valence-electron chi connectivity index (χ4n) is 2.95. The van der Waals surface area contributed by atoms with Gasteiger partial charge in [-0.25, -0.2) is 22.8 Å². The van der Waals surface area contributed by atoms with Crippen LogP contribution in [-0.4, -0.2) is 36.0 Å². The number of aryl methyl sites for hydroxylation is 1. The second-order valence-corrected chi connectivity index (χ2v) is 8.56. The molecule has 0 bridgehead atoms. The zero-order chi connectivity index (χ0) is 20.8. The molecule has 8 nitrogen and oxygen atoms in total. The summed E-state index contributed by atoms with van der Waals surface area (Å²) in [7, 11) is -3.65. The molecule has 0 spiro atoms. The Bertz CT molecular complexity index is 1290. The number of halogens is 1. The summed E-state index contributed by atoms with van der Waals surface area (Å²) in [5.41, 5.74) is 0.781. The molecule has 2 aromatic heterocycles. The van der Waals surface area contributed by atoms with Crippen LogP contribution in [0.3, 0.4) is 0 Å². The van der Waals surface area contributed by atoms with Gasteiger partial charge in [-0.2, -0.15) is 0 Å². The maximum absolute atomic E-state index is 14.3. The van der Waals surface area contributed by atoms with Gasteiger partial charge >= 0.3 is 0 Å². The van der Waals surface area contributed by atoms with Gasteiger partial charge in [-0.05, 0) is 36.8 Å². The van der Waals surface area contributed by atoms with E-state index in [2.05, 4.69) is 9.97 Å². The molecule has 150 valence electrons. The molecule has 10 heteroatoms. The molecule has 0 atom stereocenters. The van der Waals surface area contributed by atoms with Gasteiger partial charge in [0.05, 0.1) is 12.2 Å². The molecule has 0 aliphatic carbocycles. The molecule has 0 amide bonds. The molecule has 0 fully saturated rings. The normalized spacial score (nSPS) is 12.9. The molecule has 1 aromatic carbocycles. The van der Waals surface area contributed by atoms with E-state index in [0.717, 1.165) is 12.3 Å². The van der Waals surface area contributed by atoms with E-state index in [1.807, 2.05) is 0 Å². The van der Waals surface area contributed by atoms with E-state index in [9.17, 15) is 17.6 Å². The van der Waals surface area contributed by atoms with Crippen molar-refractivity contribution >= 4 is 9.84 Å². The summed E-state index contributed by atoms with van der Waals surface area (Å²) in [4.78, 5) is 20.2. The van der Waals surface area contributed by atoms with Crippen molar-refractivity contribution in [2.24, 2.45) is 0 Å². The second kappa shape index (κ2) is 6.96. The quantitative estimate of drug-likeness (QED) is 0.598. The minimum atomic E-state index is -3.65. The number of rotatable bonds is 4. The van der Waals surface area contributed by atoms with Crippen LogP contribution in [0.25, 0.3) is 11.3 Å². The number of hydrogen-bond donors (Lipinski definition) is 0. The highest BCUT2D eigenvalue weighted by molar-refractivity contribution is 7.90. The molecule has 0 N–H and O–H groups in total. The predicted molar refractivity (Wildman–Crippen MR) is 101 cm³/mol. The van der Waals surface area contributed by atoms with Crippen molar-refractivity contribution in [2.45, 2.75) is 18.6 Å². The summed E-state index contributed by atoms with van der Waals surface area (Å²) in [5, 5.41) is -0.360. The van der Waals surface area contributed by atoms with Crippen molar-refractivity contribution in [3.63, 3.8) is 0 Å². The van der Waals surface area contributed by atoms with E-state index >= 15 is 0 Å². The Balaban J connectivity index is 1.77. The molecule has 1 aliphatic heterocycles. The van der Waals surface area contributed by atoms with Crippen molar-refractivity contribution in [3.8, 4) is 22.8 Å². The lowest BCUT2D eigenvalue weighted by Gasteiger charge is -2.11. The second-order valence-electron chi connectivity index (χ2n) is 6.65. The lowest BCUT2D eigenvalue weighted by molar-refractivity contribution is 0.174. The van der Waals surface area contributed by atoms with E-state index in [4.69, 9.17) is 9.47 Å². The fraction of sp³-hybridized carbons (Fsp3) is 0.211. The van der Waals surface area contributed by atoms with E-state index in [-0.39, 0.29) is 29.8 Å². The molecule has 0 saturated heterocycles. The summed E-state index contributed by atoms with van der Waals surface area (Å²) in [6.07, 6.45) is 2.43. The standard InChI is InChI=1S/C19H16FN3O5S/c1-11-5-15(22-19(21-11)29(2,25)26)13-7-14(20)18(24)23(9-13)8-12-3-4-16-17(6-12)28-10-27-16/h3-7,9H,8,10H2,1-2H3. The smallest absolute Gasteiger partial charge is 0.286 e. The first kappa shape index (κ1) is 19.1. The number of ether oxygens (including phenoxy) is 2. The van der Waals surface area contributed by atoms with Gasteiger partial charge in [0.1, 0.15) is 0 Å². The maximum atomic E-state index is 14.3. The van der Waals surface area contributed by atoms with E-state index < -0.39 is 21.2 Å². The molecule has 0 unspecified atom stereocenters. The third kappa shape index (κ3) is 3.83. The predicted octanol–water partition coefficient (Wildman–Crippen LogP) is 1.93. The molecular formula is C19H16FN3O5S. The first-order valence-corrected chi connectivity index (χ1v) is 10.4. The van der Waals surface area contributed by atoms with Gasteiger partial charge in [-0.15, -0.1) is 0 Å². The highest BCUT2D eigenvalue weighted by atomic mass is 32.2. The van der Waals surface area contributed by atoms with Crippen LogP contribution in [0, 0.1) is 12.7 Å². The monoisotopic (exact) mass is 417 g/mol. The highest BCUT2D eigenvalue weighted by Crippen LogP contribution is 2.32. The minimum absolute atomic E-state index is 0.0865. The van der Waals surface area contributed by atoms with Crippen LogP contribution in [0.5, 0.6) is 11.5 Å². The van der Waals surface area contributed by atoms with Crippen LogP contribution in [-0.2, 0) is 16.4 Å². The molecule has 0 saturated carbocycles. The molecule has 0 radical (unpaired) electrons. The number of nitrogens with zero attached hydrogens (tertiary/aromatic N) is 3. The van der Waals surface area contributed by atoms with Gasteiger partial charge in [-0.1, -0.05) is 6.07 Å².